The average molecular weight is 363 g/mol. The fraction of sp³-hybridized carbons (Fsp3) is 0.150. The van der Waals surface area contributed by atoms with E-state index >= 15 is 0 Å². The lowest BCUT2D eigenvalue weighted by Gasteiger charge is -2.06. The van der Waals surface area contributed by atoms with Gasteiger partial charge in [-0.3, -0.25) is 9.78 Å². The Labute approximate surface area is 154 Å². The lowest BCUT2D eigenvalue weighted by Crippen LogP contribution is -2.26. The van der Waals surface area contributed by atoms with E-state index in [-0.39, 0.29) is 11.7 Å². The maximum Gasteiger partial charge on any atom is 0.252 e. The van der Waals surface area contributed by atoms with Crippen molar-refractivity contribution in [3.8, 4) is 11.1 Å². The van der Waals surface area contributed by atoms with Crippen LogP contribution in [-0.4, -0.2) is 33.9 Å². The molecule has 4 N–H and O–H groups in total. The van der Waals surface area contributed by atoms with E-state index in [1.54, 1.807) is 24.5 Å². The van der Waals surface area contributed by atoms with Crippen LogP contribution in [0.1, 0.15) is 16.8 Å². The Kier molecular flexibility index (Phi) is 4.52. The van der Waals surface area contributed by atoms with Crippen molar-refractivity contribution in [3.63, 3.8) is 0 Å². The minimum atomic E-state index is -0.388. The topological polar surface area (TPSA) is 96.7 Å². The summed E-state index contributed by atoms with van der Waals surface area (Å²) in [7, 11) is 0. The van der Waals surface area contributed by atoms with Gasteiger partial charge in [0, 0.05) is 41.5 Å². The number of nitrogens with one attached hydrogen (secondary N) is 2. The number of benzene rings is 1. The predicted octanol–water partition coefficient (Wildman–Crippen LogP) is 3.00. The molecule has 0 atom stereocenters. The molecule has 1 amide bonds. The van der Waals surface area contributed by atoms with Crippen molar-refractivity contribution in [1.82, 2.24) is 20.3 Å². The number of nitrogens with zero attached hydrogens (tertiary/aromatic N) is 2. The molecular weight excluding hydrogens is 345 g/mol. The Balaban J connectivity index is 1.76. The number of carbonyl (C=O) groups is 1. The number of rotatable bonds is 5. The summed E-state index contributed by atoms with van der Waals surface area (Å²) in [4.78, 5) is 23.8. The van der Waals surface area contributed by atoms with Crippen molar-refractivity contribution >= 4 is 27.8 Å². The molecule has 4 rings (SSSR count). The predicted molar refractivity (Wildman–Crippen MR) is 103 cm³/mol. The number of halogens is 1. The third kappa shape index (κ3) is 3.24. The van der Waals surface area contributed by atoms with Gasteiger partial charge in [-0.15, -0.1) is 0 Å². The van der Waals surface area contributed by atoms with Gasteiger partial charge in [0.25, 0.3) is 5.91 Å². The summed E-state index contributed by atoms with van der Waals surface area (Å²) in [6.07, 6.45) is 5.56. The number of hydrogen-bond acceptors (Lipinski definition) is 4. The first-order valence-electron chi connectivity index (χ1n) is 8.67. The van der Waals surface area contributed by atoms with Gasteiger partial charge in [0.1, 0.15) is 17.0 Å². The van der Waals surface area contributed by atoms with E-state index in [0.29, 0.717) is 47.2 Å². The van der Waals surface area contributed by atoms with E-state index in [2.05, 4.69) is 20.3 Å². The number of fused-ring (bicyclic) bond motifs is 2. The lowest BCUT2D eigenvalue weighted by atomic mass is 10.0. The molecule has 3 heterocycles. The molecule has 0 aliphatic heterocycles. The fourth-order valence-electron chi connectivity index (χ4n) is 3.08. The largest absolute Gasteiger partial charge is 0.352 e. The Hall–Kier alpha value is -3.32. The van der Waals surface area contributed by atoms with Gasteiger partial charge in [-0.2, -0.15) is 0 Å². The van der Waals surface area contributed by atoms with Gasteiger partial charge in [-0.05, 0) is 42.8 Å². The number of hydrogen-bond donors (Lipinski definition) is 3. The lowest BCUT2D eigenvalue weighted by molar-refractivity contribution is 0.0953. The molecule has 0 bridgehead atoms. The summed E-state index contributed by atoms with van der Waals surface area (Å²) in [5, 5.41) is 4.28. The highest BCUT2D eigenvalue weighted by Gasteiger charge is 2.14. The molecule has 1 aromatic carbocycles. The molecular formula is C20H18FN5O. The Bertz CT molecular complexity index is 1140. The van der Waals surface area contributed by atoms with Gasteiger partial charge < -0.3 is 16.0 Å². The van der Waals surface area contributed by atoms with E-state index in [1.165, 1.54) is 12.3 Å². The van der Waals surface area contributed by atoms with Crippen LogP contribution >= 0.6 is 0 Å². The molecule has 136 valence electrons. The number of carbonyl (C=O) groups excluding carboxylic acids is 1. The second kappa shape index (κ2) is 7.13. The zero-order chi connectivity index (χ0) is 18.8. The molecule has 0 unspecified atom stereocenters. The average Bonchev–Trinajstić information content (AvgIpc) is 3.11. The summed E-state index contributed by atoms with van der Waals surface area (Å²) in [5.41, 5.74) is 8.33. The molecule has 7 heteroatoms. The summed E-state index contributed by atoms with van der Waals surface area (Å²) in [6, 6.07) is 8.68. The molecule has 6 nitrogen and oxygen atoms in total. The number of aromatic amines is 1. The van der Waals surface area contributed by atoms with Gasteiger partial charge >= 0.3 is 0 Å². The molecule has 3 aromatic heterocycles. The SMILES string of the molecule is NCCCNC(=O)c1cnc2[nH]cc(-c3cc(F)c4ncccc4c3)c2c1. The summed E-state index contributed by atoms with van der Waals surface area (Å²) < 4.78 is 14.5. The van der Waals surface area contributed by atoms with Gasteiger partial charge in [-0.25, -0.2) is 9.37 Å². The minimum Gasteiger partial charge on any atom is -0.352 e. The quantitative estimate of drug-likeness (QED) is 0.475. The van der Waals surface area contributed by atoms with Crippen LogP contribution in [0.15, 0.2) is 48.9 Å². The minimum absolute atomic E-state index is 0.209. The number of H-pyrrole nitrogens is 1. The second-order valence-corrected chi connectivity index (χ2v) is 6.25. The molecule has 27 heavy (non-hydrogen) atoms. The highest BCUT2D eigenvalue weighted by atomic mass is 19.1. The third-order valence-electron chi connectivity index (χ3n) is 4.43. The molecule has 0 spiro atoms. The van der Waals surface area contributed by atoms with Crippen molar-refractivity contribution in [2.45, 2.75) is 6.42 Å². The number of pyridine rings is 2. The van der Waals surface area contributed by atoms with Crippen molar-refractivity contribution in [3.05, 3.63) is 60.3 Å². The van der Waals surface area contributed by atoms with Crippen LogP contribution in [0.5, 0.6) is 0 Å². The van der Waals surface area contributed by atoms with Gasteiger partial charge in [-0.1, -0.05) is 6.07 Å². The van der Waals surface area contributed by atoms with Crippen molar-refractivity contribution in [2.75, 3.05) is 13.1 Å². The molecule has 0 saturated heterocycles. The van der Waals surface area contributed by atoms with Crippen LogP contribution in [0.3, 0.4) is 0 Å². The molecule has 0 radical (unpaired) electrons. The van der Waals surface area contributed by atoms with Crippen LogP contribution in [-0.2, 0) is 0 Å². The van der Waals surface area contributed by atoms with Crippen LogP contribution in [0.2, 0.25) is 0 Å². The van der Waals surface area contributed by atoms with Crippen LogP contribution in [0.25, 0.3) is 33.1 Å². The summed E-state index contributed by atoms with van der Waals surface area (Å²) in [6.45, 7) is 1.03. The zero-order valence-electron chi connectivity index (χ0n) is 14.5. The van der Waals surface area contributed by atoms with E-state index in [1.807, 2.05) is 12.1 Å². The molecule has 0 aliphatic rings. The fourth-order valence-corrected chi connectivity index (χ4v) is 3.08. The maximum atomic E-state index is 14.5. The van der Waals surface area contributed by atoms with Crippen LogP contribution in [0.4, 0.5) is 4.39 Å². The van der Waals surface area contributed by atoms with Crippen molar-refractivity contribution in [1.29, 1.82) is 0 Å². The first-order valence-corrected chi connectivity index (χ1v) is 8.67. The zero-order valence-corrected chi connectivity index (χ0v) is 14.5. The molecule has 0 aliphatic carbocycles. The number of nitrogens with two attached hydrogens (primary N) is 1. The van der Waals surface area contributed by atoms with Gasteiger partial charge in [0.15, 0.2) is 0 Å². The number of amides is 1. The highest BCUT2D eigenvalue weighted by molar-refractivity contribution is 6.01. The third-order valence-corrected chi connectivity index (χ3v) is 4.43. The Morgan fingerprint density at radius 3 is 3.00 bits per heavy atom. The molecule has 4 aromatic rings. The molecule has 0 fully saturated rings. The first-order chi connectivity index (χ1) is 13.2. The van der Waals surface area contributed by atoms with E-state index < -0.39 is 0 Å². The smallest absolute Gasteiger partial charge is 0.252 e. The van der Waals surface area contributed by atoms with Gasteiger partial charge in [0.2, 0.25) is 0 Å². The number of aromatic nitrogens is 3. The van der Waals surface area contributed by atoms with E-state index in [0.717, 1.165) is 10.9 Å². The Morgan fingerprint density at radius 2 is 2.15 bits per heavy atom. The van der Waals surface area contributed by atoms with Crippen LogP contribution < -0.4 is 11.1 Å². The standard InChI is InChI=1S/C20H18FN5O/c21-17-9-13(7-12-3-1-5-23-18(12)17)16-11-26-19-15(16)8-14(10-25-19)20(27)24-6-2-4-22/h1,3,5,7-11H,2,4,6,22H2,(H,24,27)(H,25,26). The summed E-state index contributed by atoms with van der Waals surface area (Å²) in [5.74, 6) is -0.597. The first kappa shape index (κ1) is 17.1. The van der Waals surface area contributed by atoms with Crippen molar-refractivity contribution in [2.24, 2.45) is 5.73 Å². The van der Waals surface area contributed by atoms with E-state index in [9.17, 15) is 9.18 Å². The highest BCUT2D eigenvalue weighted by Crippen LogP contribution is 2.31. The maximum absolute atomic E-state index is 14.5. The van der Waals surface area contributed by atoms with E-state index in [4.69, 9.17) is 5.73 Å². The second-order valence-electron chi connectivity index (χ2n) is 6.25. The van der Waals surface area contributed by atoms with Gasteiger partial charge in [0.05, 0.1) is 5.56 Å². The normalized spacial score (nSPS) is 11.2. The Morgan fingerprint density at radius 1 is 1.26 bits per heavy atom. The molecule has 0 saturated carbocycles. The summed E-state index contributed by atoms with van der Waals surface area (Å²) >= 11 is 0. The van der Waals surface area contributed by atoms with Crippen molar-refractivity contribution < 1.29 is 9.18 Å². The van der Waals surface area contributed by atoms with Crippen LogP contribution in [0, 0.1) is 5.82 Å². The monoisotopic (exact) mass is 363 g/mol.